The zero-order valence-corrected chi connectivity index (χ0v) is 12.9. The van der Waals surface area contributed by atoms with Gasteiger partial charge in [0.05, 0.1) is 35.4 Å². The van der Waals surface area contributed by atoms with E-state index in [1.165, 1.54) is 29.6 Å². The zero-order valence-electron chi connectivity index (χ0n) is 11.4. The van der Waals surface area contributed by atoms with Gasteiger partial charge in [0.15, 0.2) is 0 Å². The van der Waals surface area contributed by atoms with E-state index in [4.69, 9.17) is 21.6 Å². The molecule has 2 atom stereocenters. The molecule has 1 aromatic rings. The zero-order chi connectivity index (χ0) is 15.6. The number of hydrogen-bond donors (Lipinski definition) is 1. The Morgan fingerprint density at radius 1 is 1.57 bits per heavy atom. The lowest BCUT2D eigenvalue weighted by atomic mass is 10.2. The van der Waals surface area contributed by atoms with Gasteiger partial charge in [0.25, 0.3) is 0 Å². The number of hydrogen-bond acceptors (Lipinski definition) is 5. The van der Waals surface area contributed by atoms with E-state index in [-0.39, 0.29) is 34.7 Å². The van der Waals surface area contributed by atoms with Crippen LogP contribution in [0.4, 0.5) is 0 Å². The number of aliphatic hydroxyl groups excluding tert-OH is 1. The van der Waals surface area contributed by atoms with Crippen LogP contribution in [0.3, 0.4) is 0 Å². The van der Waals surface area contributed by atoms with Gasteiger partial charge in [-0.15, -0.1) is 0 Å². The molecule has 0 radical (unpaired) electrons. The van der Waals surface area contributed by atoms with Crippen molar-refractivity contribution in [3.8, 4) is 6.07 Å². The van der Waals surface area contributed by atoms with Crippen molar-refractivity contribution < 1.29 is 18.3 Å². The van der Waals surface area contributed by atoms with Crippen LogP contribution in [-0.4, -0.2) is 50.2 Å². The van der Waals surface area contributed by atoms with E-state index in [0.717, 1.165) is 0 Å². The number of aliphatic hydroxyl groups is 1. The van der Waals surface area contributed by atoms with Crippen LogP contribution >= 0.6 is 11.6 Å². The van der Waals surface area contributed by atoms with Gasteiger partial charge in [0.1, 0.15) is 4.90 Å². The van der Waals surface area contributed by atoms with Crippen LogP contribution in [0.25, 0.3) is 0 Å². The van der Waals surface area contributed by atoms with Crippen molar-refractivity contribution in [2.45, 2.75) is 23.5 Å². The summed E-state index contributed by atoms with van der Waals surface area (Å²) in [4.78, 5) is -0.126. The van der Waals surface area contributed by atoms with E-state index in [1.807, 2.05) is 6.07 Å². The Bertz CT molecular complexity index is 671. The van der Waals surface area contributed by atoms with Gasteiger partial charge in [-0.25, -0.2) is 8.42 Å². The van der Waals surface area contributed by atoms with Crippen molar-refractivity contribution in [1.29, 1.82) is 5.26 Å². The summed E-state index contributed by atoms with van der Waals surface area (Å²) in [5, 5.41) is 18.3. The minimum Gasteiger partial charge on any atom is -0.395 e. The summed E-state index contributed by atoms with van der Waals surface area (Å²) in [6.07, 6.45) is 0.150. The second kappa shape index (κ2) is 6.30. The summed E-state index contributed by atoms with van der Waals surface area (Å²) in [6, 6.07) is 5.41. The smallest absolute Gasteiger partial charge is 0.245 e. The van der Waals surface area contributed by atoms with Gasteiger partial charge in [-0.2, -0.15) is 9.57 Å². The molecule has 0 bridgehead atoms. The molecule has 1 N–H and O–H groups in total. The fourth-order valence-corrected chi connectivity index (χ4v) is 4.53. The predicted octanol–water partition coefficient (Wildman–Crippen LogP) is 0.982. The molecular formula is C13H15ClN2O4S. The van der Waals surface area contributed by atoms with Crippen molar-refractivity contribution in [3.05, 3.63) is 28.8 Å². The third kappa shape index (κ3) is 3.05. The maximum Gasteiger partial charge on any atom is 0.245 e. The van der Waals surface area contributed by atoms with Crippen LogP contribution in [0.5, 0.6) is 0 Å². The summed E-state index contributed by atoms with van der Waals surface area (Å²) < 4.78 is 31.8. The van der Waals surface area contributed by atoms with Gasteiger partial charge in [-0.3, -0.25) is 0 Å². The first-order valence-electron chi connectivity index (χ1n) is 6.29. The molecule has 0 unspecified atom stereocenters. The molecular weight excluding hydrogens is 316 g/mol. The van der Waals surface area contributed by atoms with E-state index in [0.29, 0.717) is 6.42 Å². The molecule has 0 aliphatic carbocycles. The average Bonchev–Trinajstić information content (AvgIpc) is 2.91. The van der Waals surface area contributed by atoms with Gasteiger partial charge >= 0.3 is 0 Å². The second-order valence-corrected chi connectivity index (χ2v) is 7.03. The molecule has 114 valence electrons. The van der Waals surface area contributed by atoms with Crippen molar-refractivity contribution in [2.24, 2.45) is 0 Å². The number of methoxy groups -OCH3 is 1. The molecule has 2 rings (SSSR count). The van der Waals surface area contributed by atoms with E-state index in [1.54, 1.807) is 0 Å². The standard InChI is InChI=1S/C13H15ClN2O4S/c1-20-11-5-10(8-17)16(7-11)21(18,19)13-4-9(6-15)2-3-12(13)14/h2-4,10-11,17H,5,7-8H2,1H3/t10-,11-/m0/s1. The molecule has 0 spiro atoms. The Hall–Kier alpha value is -1.17. The monoisotopic (exact) mass is 330 g/mol. The highest BCUT2D eigenvalue weighted by Crippen LogP contribution is 2.31. The number of ether oxygens (including phenoxy) is 1. The molecule has 6 nitrogen and oxygen atoms in total. The average molecular weight is 331 g/mol. The number of nitriles is 1. The largest absolute Gasteiger partial charge is 0.395 e. The second-order valence-electron chi connectivity index (χ2n) is 4.76. The molecule has 1 heterocycles. The predicted molar refractivity (Wildman–Crippen MR) is 76.3 cm³/mol. The Balaban J connectivity index is 2.45. The lowest BCUT2D eigenvalue weighted by Crippen LogP contribution is -2.38. The summed E-state index contributed by atoms with van der Waals surface area (Å²) in [5.41, 5.74) is 0.209. The van der Waals surface area contributed by atoms with Crippen molar-refractivity contribution in [2.75, 3.05) is 20.3 Å². The Morgan fingerprint density at radius 3 is 2.86 bits per heavy atom. The molecule has 1 aliphatic heterocycles. The van der Waals surface area contributed by atoms with Gasteiger partial charge in [-0.05, 0) is 24.6 Å². The first kappa shape index (κ1) is 16.2. The summed E-state index contributed by atoms with van der Waals surface area (Å²) in [7, 11) is -2.40. The highest BCUT2D eigenvalue weighted by molar-refractivity contribution is 7.89. The molecule has 1 saturated heterocycles. The van der Waals surface area contributed by atoms with Crippen molar-refractivity contribution in [1.82, 2.24) is 4.31 Å². The Kier molecular flexibility index (Phi) is 4.86. The minimum absolute atomic E-state index is 0.0477. The van der Waals surface area contributed by atoms with Crippen LogP contribution in [0.2, 0.25) is 5.02 Å². The van der Waals surface area contributed by atoms with Crippen LogP contribution in [0.15, 0.2) is 23.1 Å². The number of benzene rings is 1. The number of rotatable bonds is 4. The fraction of sp³-hybridized carbons (Fsp3) is 0.462. The molecule has 0 saturated carbocycles. The maximum absolute atomic E-state index is 12.7. The van der Waals surface area contributed by atoms with E-state index >= 15 is 0 Å². The quantitative estimate of drug-likeness (QED) is 0.888. The van der Waals surface area contributed by atoms with E-state index in [9.17, 15) is 13.5 Å². The Labute approximate surface area is 128 Å². The van der Waals surface area contributed by atoms with Crippen LogP contribution in [0.1, 0.15) is 12.0 Å². The van der Waals surface area contributed by atoms with E-state index in [2.05, 4.69) is 0 Å². The molecule has 1 aromatic carbocycles. The third-order valence-electron chi connectivity index (χ3n) is 3.52. The molecule has 1 aliphatic rings. The van der Waals surface area contributed by atoms with Crippen molar-refractivity contribution >= 4 is 21.6 Å². The van der Waals surface area contributed by atoms with E-state index < -0.39 is 16.1 Å². The summed E-state index contributed by atoms with van der Waals surface area (Å²) in [6.45, 7) is -0.147. The maximum atomic E-state index is 12.7. The molecule has 0 amide bonds. The highest BCUT2D eigenvalue weighted by atomic mass is 35.5. The van der Waals surface area contributed by atoms with Crippen molar-refractivity contribution in [3.63, 3.8) is 0 Å². The van der Waals surface area contributed by atoms with Gasteiger partial charge < -0.3 is 9.84 Å². The van der Waals surface area contributed by atoms with Gasteiger partial charge in [0, 0.05) is 13.7 Å². The van der Waals surface area contributed by atoms with Gasteiger partial charge in [0.2, 0.25) is 10.0 Å². The summed E-state index contributed by atoms with van der Waals surface area (Å²) >= 11 is 5.97. The first-order chi connectivity index (χ1) is 9.93. The molecule has 0 aromatic heterocycles. The number of nitrogens with zero attached hydrogens (tertiary/aromatic N) is 2. The topological polar surface area (TPSA) is 90.6 Å². The van der Waals surface area contributed by atoms with Crippen LogP contribution < -0.4 is 0 Å². The lowest BCUT2D eigenvalue weighted by Gasteiger charge is -2.22. The van der Waals surface area contributed by atoms with Crippen LogP contribution in [-0.2, 0) is 14.8 Å². The molecule has 21 heavy (non-hydrogen) atoms. The van der Waals surface area contributed by atoms with Gasteiger partial charge in [-0.1, -0.05) is 11.6 Å². The fourth-order valence-electron chi connectivity index (χ4n) is 2.37. The number of sulfonamides is 1. The highest BCUT2D eigenvalue weighted by Gasteiger charge is 2.40. The molecule has 8 heteroatoms. The third-order valence-corrected chi connectivity index (χ3v) is 5.92. The normalized spacial score (nSPS) is 23.1. The Morgan fingerprint density at radius 2 is 2.29 bits per heavy atom. The van der Waals surface area contributed by atoms with Crippen LogP contribution in [0, 0.1) is 11.3 Å². The molecule has 1 fully saturated rings. The minimum atomic E-state index is -3.90. The first-order valence-corrected chi connectivity index (χ1v) is 8.11. The summed E-state index contributed by atoms with van der Waals surface area (Å²) in [5.74, 6) is 0. The lowest BCUT2D eigenvalue weighted by molar-refractivity contribution is 0.113. The number of halogens is 1. The SMILES string of the molecule is CO[C@H]1C[C@@H](CO)N(S(=O)(=O)c2cc(C#N)ccc2Cl)C1.